The Bertz CT molecular complexity index is 1330. The molecule has 0 saturated heterocycles. The topological polar surface area (TPSA) is 92.8 Å². The largest absolute Gasteiger partial charge is 0.483 e. The maximum atomic E-state index is 12.8. The van der Waals surface area contributed by atoms with Gasteiger partial charge in [-0.2, -0.15) is 5.26 Å². The van der Waals surface area contributed by atoms with E-state index < -0.39 is 0 Å². The summed E-state index contributed by atoms with van der Waals surface area (Å²) in [6.45, 7) is 13.1. The first-order valence-electron chi connectivity index (χ1n) is 13.1. The summed E-state index contributed by atoms with van der Waals surface area (Å²) in [6.07, 6.45) is 2.64. The monoisotopic (exact) mass is 551 g/mol. The van der Waals surface area contributed by atoms with Gasteiger partial charge in [0, 0.05) is 11.9 Å². The number of aromatic nitrogens is 3. The van der Waals surface area contributed by atoms with Gasteiger partial charge in [-0.25, -0.2) is 0 Å². The van der Waals surface area contributed by atoms with Gasteiger partial charge in [0.15, 0.2) is 17.1 Å². The maximum absolute atomic E-state index is 12.8. The normalized spacial score (nSPS) is 16.1. The van der Waals surface area contributed by atoms with Crippen molar-refractivity contribution in [2.45, 2.75) is 78.0 Å². The Morgan fingerprint density at radius 1 is 1.26 bits per heavy atom. The molecule has 1 aliphatic carbocycles. The number of ether oxygens (including phenoxy) is 1. The standard InChI is InChI=1S/C29H37N5O2S2/c1-17(2)19-8-11-21(12-9-19)36-18(3)26-32-33-28(34(26)7)37-16-25(35)31-27-23(15-30)22-13-10-20(29(4,5)6)14-24(22)38-27/h8-9,11-12,17-18,20H,10,13-14,16H2,1-7H3,(H,31,35). The van der Waals surface area contributed by atoms with Crippen molar-refractivity contribution in [3.8, 4) is 11.8 Å². The van der Waals surface area contributed by atoms with E-state index in [0.29, 0.717) is 33.4 Å². The first kappa shape index (κ1) is 28.2. The van der Waals surface area contributed by atoms with Crippen LogP contribution in [0, 0.1) is 22.7 Å². The minimum Gasteiger partial charge on any atom is -0.483 e. The third-order valence-corrected chi connectivity index (χ3v) is 9.47. The number of nitrogens with zero attached hydrogens (tertiary/aromatic N) is 4. The Labute approximate surface area is 234 Å². The molecule has 1 aromatic carbocycles. The van der Waals surface area contributed by atoms with E-state index in [9.17, 15) is 10.1 Å². The summed E-state index contributed by atoms with van der Waals surface area (Å²) in [5, 5.41) is 22.7. The highest BCUT2D eigenvalue weighted by molar-refractivity contribution is 7.99. The lowest BCUT2D eigenvalue weighted by Crippen LogP contribution is -2.26. The minimum atomic E-state index is -0.298. The number of thiophene rings is 1. The maximum Gasteiger partial charge on any atom is 0.235 e. The van der Waals surface area contributed by atoms with Gasteiger partial charge in [0.1, 0.15) is 16.8 Å². The van der Waals surface area contributed by atoms with Crippen molar-refractivity contribution in [1.29, 1.82) is 5.26 Å². The van der Waals surface area contributed by atoms with Crippen molar-refractivity contribution in [3.05, 3.63) is 51.7 Å². The van der Waals surface area contributed by atoms with Gasteiger partial charge in [0.25, 0.3) is 0 Å². The van der Waals surface area contributed by atoms with Gasteiger partial charge in [-0.05, 0) is 66.7 Å². The molecule has 2 atom stereocenters. The Kier molecular flexibility index (Phi) is 8.53. The zero-order valence-electron chi connectivity index (χ0n) is 23.3. The predicted octanol–water partition coefficient (Wildman–Crippen LogP) is 6.89. The molecule has 7 nitrogen and oxygen atoms in total. The summed E-state index contributed by atoms with van der Waals surface area (Å²) >= 11 is 2.88. The molecule has 4 rings (SSSR count). The smallest absolute Gasteiger partial charge is 0.235 e. The van der Waals surface area contributed by atoms with Gasteiger partial charge in [-0.1, -0.05) is 58.5 Å². The first-order chi connectivity index (χ1) is 18.0. The third-order valence-electron chi connectivity index (χ3n) is 7.28. The second kappa shape index (κ2) is 11.5. The van der Waals surface area contributed by atoms with Gasteiger partial charge in [0.05, 0.1) is 11.3 Å². The number of fused-ring (bicyclic) bond motifs is 1. The van der Waals surface area contributed by atoms with E-state index in [0.717, 1.165) is 30.6 Å². The SMILES string of the molecule is CC(C)c1ccc(OC(C)c2nnc(SCC(=O)Nc3sc4c(c3C#N)CCC(C(C)(C)C)C4)n2C)cc1. The summed E-state index contributed by atoms with van der Waals surface area (Å²) in [5.41, 5.74) is 3.24. The van der Waals surface area contributed by atoms with Crippen LogP contribution >= 0.6 is 23.1 Å². The fourth-order valence-corrected chi connectivity index (χ4v) is 6.83. The van der Waals surface area contributed by atoms with Gasteiger partial charge < -0.3 is 14.6 Å². The number of carbonyl (C=O) groups is 1. The van der Waals surface area contributed by atoms with Crippen LogP contribution in [-0.2, 0) is 24.7 Å². The lowest BCUT2D eigenvalue weighted by Gasteiger charge is -2.33. The zero-order valence-corrected chi connectivity index (χ0v) is 24.9. The average Bonchev–Trinajstić information content (AvgIpc) is 3.41. The second-order valence-electron chi connectivity index (χ2n) is 11.3. The number of rotatable bonds is 8. The number of hydrogen-bond donors (Lipinski definition) is 1. The molecule has 2 unspecified atom stereocenters. The molecule has 1 aliphatic rings. The Morgan fingerprint density at radius 2 is 1.97 bits per heavy atom. The van der Waals surface area contributed by atoms with Crippen LogP contribution in [0.1, 0.15) is 87.4 Å². The van der Waals surface area contributed by atoms with Gasteiger partial charge >= 0.3 is 0 Å². The molecule has 0 radical (unpaired) electrons. The van der Waals surface area contributed by atoms with Gasteiger partial charge in [0.2, 0.25) is 5.91 Å². The average molecular weight is 552 g/mol. The molecule has 0 saturated carbocycles. The van der Waals surface area contributed by atoms with Crippen LogP contribution in [-0.4, -0.2) is 26.4 Å². The van der Waals surface area contributed by atoms with Crippen molar-refractivity contribution in [1.82, 2.24) is 14.8 Å². The highest BCUT2D eigenvalue weighted by Crippen LogP contribution is 2.44. The molecule has 2 heterocycles. The van der Waals surface area contributed by atoms with Crippen LogP contribution in [0.5, 0.6) is 5.75 Å². The lowest BCUT2D eigenvalue weighted by molar-refractivity contribution is -0.113. The molecular formula is C29H37N5O2S2. The van der Waals surface area contributed by atoms with Crippen LogP contribution in [0.3, 0.4) is 0 Å². The minimum absolute atomic E-state index is 0.156. The zero-order chi connectivity index (χ0) is 27.6. The predicted molar refractivity (Wildman–Crippen MR) is 154 cm³/mol. The summed E-state index contributed by atoms with van der Waals surface area (Å²) in [4.78, 5) is 14.1. The molecule has 0 fully saturated rings. The van der Waals surface area contributed by atoms with Crippen molar-refractivity contribution in [2.75, 3.05) is 11.1 Å². The van der Waals surface area contributed by atoms with Crippen molar-refractivity contribution in [3.63, 3.8) is 0 Å². The fraction of sp³-hybridized carbons (Fsp3) is 0.517. The number of nitriles is 1. The lowest BCUT2D eigenvalue weighted by atomic mass is 9.72. The summed E-state index contributed by atoms with van der Waals surface area (Å²) in [5.74, 6) is 2.53. The highest BCUT2D eigenvalue weighted by Gasteiger charge is 2.32. The number of nitrogens with one attached hydrogen (secondary N) is 1. The summed E-state index contributed by atoms with van der Waals surface area (Å²) < 4.78 is 7.95. The van der Waals surface area contributed by atoms with Crippen LogP contribution in [0.25, 0.3) is 0 Å². The van der Waals surface area contributed by atoms with E-state index in [4.69, 9.17) is 4.74 Å². The fourth-order valence-electron chi connectivity index (χ4n) is 4.82. The number of anilines is 1. The molecule has 2 aromatic heterocycles. The Hall–Kier alpha value is -2.83. The molecule has 0 aliphatic heterocycles. The molecule has 202 valence electrons. The Balaban J connectivity index is 1.36. The van der Waals surface area contributed by atoms with Crippen molar-refractivity contribution < 1.29 is 9.53 Å². The number of benzene rings is 1. The van der Waals surface area contributed by atoms with Gasteiger partial charge in [-0.15, -0.1) is 21.5 Å². The number of carbonyl (C=O) groups excluding carboxylic acids is 1. The molecule has 0 spiro atoms. The number of hydrogen-bond acceptors (Lipinski definition) is 7. The molecule has 3 aromatic rings. The van der Waals surface area contributed by atoms with E-state index >= 15 is 0 Å². The van der Waals surface area contributed by atoms with Crippen molar-refractivity contribution >= 4 is 34.0 Å². The van der Waals surface area contributed by atoms with E-state index in [1.807, 2.05) is 30.7 Å². The summed E-state index contributed by atoms with van der Waals surface area (Å²) in [7, 11) is 1.88. The van der Waals surface area contributed by atoms with Gasteiger partial charge in [-0.3, -0.25) is 4.79 Å². The molecule has 1 amide bonds. The number of amides is 1. The third kappa shape index (κ3) is 6.24. The molecule has 9 heteroatoms. The van der Waals surface area contributed by atoms with Crippen LogP contribution < -0.4 is 10.1 Å². The van der Waals surface area contributed by atoms with Crippen LogP contribution in [0.2, 0.25) is 0 Å². The van der Waals surface area contributed by atoms with E-state index in [1.165, 1.54) is 22.2 Å². The molecule has 1 N–H and O–H groups in total. The van der Waals surface area contributed by atoms with Crippen LogP contribution in [0.15, 0.2) is 29.4 Å². The molecular weight excluding hydrogens is 514 g/mol. The molecule has 38 heavy (non-hydrogen) atoms. The second-order valence-corrected chi connectivity index (χ2v) is 13.4. The van der Waals surface area contributed by atoms with Crippen LogP contribution in [0.4, 0.5) is 5.00 Å². The van der Waals surface area contributed by atoms with E-state index in [2.05, 4.69) is 68.3 Å². The summed E-state index contributed by atoms with van der Waals surface area (Å²) in [6, 6.07) is 10.4. The number of thioether (sulfide) groups is 1. The van der Waals surface area contributed by atoms with Crippen molar-refractivity contribution in [2.24, 2.45) is 18.4 Å². The first-order valence-corrected chi connectivity index (χ1v) is 14.9. The quantitative estimate of drug-likeness (QED) is 0.306. The van der Waals surface area contributed by atoms with E-state index in [1.54, 1.807) is 11.3 Å². The molecule has 0 bridgehead atoms. The van der Waals surface area contributed by atoms with E-state index in [-0.39, 0.29) is 23.2 Å². The Morgan fingerprint density at radius 3 is 2.61 bits per heavy atom. The highest BCUT2D eigenvalue weighted by atomic mass is 32.2.